The van der Waals surface area contributed by atoms with E-state index in [1.165, 1.54) is 125 Å². The summed E-state index contributed by atoms with van der Waals surface area (Å²) in [5.74, 6) is -6.33. The summed E-state index contributed by atoms with van der Waals surface area (Å²) in [5, 5.41) is 37.7. The molecule has 0 aliphatic rings. The molecule has 89 heavy (non-hydrogen) atoms. The van der Waals surface area contributed by atoms with E-state index in [4.69, 9.17) is 11.5 Å². The molecule has 34 heteroatoms. The minimum absolute atomic E-state index is 0.00289. The Labute approximate surface area is 506 Å². The van der Waals surface area contributed by atoms with E-state index in [2.05, 4.69) is 68.1 Å². The number of hydrogen-bond donors (Lipinski definition) is 13. The molecule has 0 radical (unpaired) electrons. The van der Waals surface area contributed by atoms with Crippen LogP contribution in [0.2, 0.25) is 0 Å². The Morgan fingerprint density at radius 3 is 1.42 bits per heavy atom. The van der Waals surface area contributed by atoms with E-state index >= 15 is 0 Å². The first-order valence-electron chi connectivity index (χ1n) is 27.3. The fraction of sp³-hybridized carbons (Fsp3) is 0.291. The SMILES string of the molecule is Cn1cc(NC(=O)c2cc(NC(=O)c3cc(NC(=O)c4nc(NC(=O)C(N)CCNC(=O)c5cc(NC(=O)c6c(O)c(NC(=O)c7nc(NC(=O)c8nccn8C)cn7C)cn6C)cn5C)cn4C)cn3C)cn2C)cc1C(=O)NCCC(=O)NCCCN. The fourth-order valence-electron chi connectivity index (χ4n) is 9.17. The summed E-state index contributed by atoms with van der Waals surface area (Å²) in [4.78, 5) is 143. The molecule has 0 spiro atoms. The Balaban J connectivity index is 0.771. The van der Waals surface area contributed by atoms with Gasteiger partial charge in [-0.3, -0.25) is 47.9 Å². The van der Waals surface area contributed by atoms with E-state index in [1.807, 2.05) is 0 Å². The molecule has 468 valence electrons. The van der Waals surface area contributed by atoms with Crippen LogP contribution in [-0.2, 0) is 66.0 Å². The molecule has 0 bridgehead atoms. The van der Waals surface area contributed by atoms with Gasteiger partial charge in [-0.15, -0.1) is 0 Å². The Morgan fingerprint density at radius 2 is 0.921 bits per heavy atom. The summed E-state index contributed by atoms with van der Waals surface area (Å²) in [6.07, 6.45) is 13.9. The van der Waals surface area contributed by atoms with E-state index in [-0.39, 0.29) is 112 Å². The van der Waals surface area contributed by atoms with Crippen LogP contribution in [0.4, 0.5) is 40.1 Å². The maximum atomic E-state index is 13.5. The molecule has 0 saturated heterocycles. The average Bonchev–Trinajstić information content (AvgIpc) is 2.07. The van der Waals surface area contributed by atoms with Gasteiger partial charge in [0.2, 0.25) is 23.5 Å². The van der Waals surface area contributed by atoms with Gasteiger partial charge in [0.25, 0.3) is 47.3 Å². The molecule has 1 atom stereocenters. The van der Waals surface area contributed by atoms with Gasteiger partial charge in [-0.05, 0) is 43.7 Å². The highest BCUT2D eigenvalue weighted by Crippen LogP contribution is 2.31. The number of hydrogen-bond acceptors (Lipinski definition) is 16. The number of nitrogens with zero attached hydrogens (tertiary/aromatic N) is 11. The molecular formula is C55H67N23O11. The molecule has 8 aromatic heterocycles. The summed E-state index contributed by atoms with van der Waals surface area (Å²) in [7, 11) is 12.6. The zero-order valence-electron chi connectivity index (χ0n) is 49.6. The smallest absolute Gasteiger partial charge is 0.292 e. The lowest BCUT2D eigenvalue weighted by Crippen LogP contribution is -2.39. The number of rotatable bonds is 25. The molecule has 0 fully saturated rings. The van der Waals surface area contributed by atoms with Gasteiger partial charge in [0.15, 0.2) is 28.9 Å². The molecule has 0 saturated carbocycles. The molecule has 0 aromatic carbocycles. The summed E-state index contributed by atoms with van der Waals surface area (Å²) >= 11 is 0. The minimum atomic E-state index is -1.14. The number of imidazole rings is 3. The molecular weight excluding hydrogens is 1160 g/mol. The van der Waals surface area contributed by atoms with Crippen molar-refractivity contribution in [3.8, 4) is 5.75 Å². The number of carbonyl (C=O) groups excluding carboxylic acids is 10. The van der Waals surface area contributed by atoms with Crippen LogP contribution in [-0.4, -0.2) is 148 Å². The van der Waals surface area contributed by atoms with Gasteiger partial charge in [-0.25, -0.2) is 15.0 Å². The largest absolute Gasteiger partial charge is 0.504 e. The molecule has 8 aromatic rings. The molecule has 15 N–H and O–H groups in total. The van der Waals surface area contributed by atoms with E-state index in [9.17, 15) is 53.1 Å². The molecule has 34 nitrogen and oxygen atoms in total. The third kappa shape index (κ3) is 15.1. The lowest BCUT2D eigenvalue weighted by molar-refractivity contribution is -0.121. The van der Waals surface area contributed by atoms with E-state index in [0.29, 0.717) is 25.2 Å². The van der Waals surface area contributed by atoms with E-state index in [1.54, 1.807) is 47.6 Å². The number of amides is 10. The van der Waals surface area contributed by atoms with Crippen LogP contribution in [0.15, 0.2) is 80.0 Å². The first-order valence-corrected chi connectivity index (χ1v) is 27.3. The number of nitrogens with two attached hydrogens (primary N) is 2. The maximum Gasteiger partial charge on any atom is 0.292 e. The number of aryl methyl sites for hydroxylation is 8. The fourth-order valence-corrected chi connectivity index (χ4v) is 9.17. The number of anilines is 7. The van der Waals surface area contributed by atoms with Gasteiger partial charge in [-0.1, -0.05) is 0 Å². The number of aromatic hydroxyl groups is 1. The number of aromatic nitrogens is 11. The van der Waals surface area contributed by atoms with Crippen LogP contribution >= 0.6 is 0 Å². The van der Waals surface area contributed by atoms with Crippen molar-refractivity contribution in [2.75, 3.05) is 63.4 Å². The van der Waals surface area contributed by atoms with Crippen molar-refractivity contribution in [3.63, 3.8) is 0 Å². The average molecular weight is 1230 g/mol. The van der Waals surface area contributed by atoms with Crippen molar-refractivity contribution in [3.05, 3.63) is 126 Å². The van der Waals surface area contributed by atoms with Gasteiger partial charge in [0.05, 0.1) is 28.8 Å². The van der Waals surface area contributed by atoms with Crippen molar-refractivity contribution in [2.45, 2.75) is 25.3 Å². The van der Waals surface area contributed by atoms with Crippen LogP contribution in [0.25, 0.3) is 0 Å². The van der Waals surface area contributed by atoms with Crippen LogP contribution < -0.4 is 64.6 Å². The van der Waals surface area contributed by atoms with Crippen LogP contribution in [0.3, 0.4) is 0 Å². The minimum Gasteiger partial charge on any atom is -0.504 e. The second-order valence-corrected chi connectivity index (χ2v) is 20.6. The predicted molar refractivity (Wildman–Crippen MR) is 323 cm³/mol. The first kappa shape index (κ1) is 63.5. The third-order valence-electron chi connectivity index (χ3n) is 13.7. The maximum absolute atomic E-state index is 13.5. The van der Waals surface area contributed by atoms with Crippen molar-refractivity contribution < 1.29 is 53.1 Å². The topological polar surface area (TPSA) is 441 Å². The third-order valence-corrected chi connectivity index (χ3v) is 13.7. The van der Waals surface area contributed by atoms with Crippen LogP contribution in [0, 0.1) is 0 Å². The molecule has 1 unspecified atom stereocenters. The summed E-state index contributed by atoms with van der Waals surface area (Å²) in [6, 6.07) is 4.64. The summed E-state index contributed by atoms with van der Waals surface area (Å²) in [5.41, 5.74) is 13.0. The monoisotopic (exact) mass is 1230 g/mol. The molecule has 0 aliphatic heterocycles. The van der Waals surface area contributed by atoms with E-state index in [0.717, 1.165) is 0 Å². The summed E-state index contributed by atoms with van der Waals surface area (Å²) < 4.78 is 11.5. The highest BCUT2D eigenvalue weighted by molar-refractivity contribution is 6.11. The molecule has 0 aliphatic carbocycles. The lowest BCUT2D eigenvalue weighted by Gasteiger charge is -2.12. The summed E-state index contributed by atoms with van der Waals surface area (Å²) in [6.45, 7) is 0.955. The zero-order valence-corrected chi connectivity index (χ0v) is 49.6. The van der Waals surface area contributed by atoms with E-state index < -0.39 is 65.0 Å². The highest BCUT2D eigenvalue weighted by Gasteiger charge is 2.27. The van der Waals surface area contributed by atoms with Crippen LogP contribution in [0.1, 0.15) is 104 Å². The zero-order chi connectivity index (χ0) is 64.5. The van der Waals surface area contributed by atoms with Crippen molar-refractivity contribution in [1.29, 1.82) is 0 Å². The normalized spacial score (nSPS) is 11.3. The van der Waals surface area contributed by atoms with Crippen molar-refractivity contribution in [1.82, 2.24) is 67.4 Å². The van der Waals surface area contributed by atoms with Crippen LogP contribution in [0.5, 0.6) is 5.75 Å². The second kappa shape index (κ2) is 27.2. The van der Waals surface area contributed by atoms with Gasteiger partial charge in [-0.2, -0.15) is 0 Å². The van der Waals surface area contributed by atoms with Gasteiger partial charge in [0, 0.05) is 138 Å². The Bertz CT molecular complexity index is 4060. The molecule has 10 amide bonds. The van der Waals surface area contributed by atoms with Crippen molar-refractivity contribution in [2.24, 2.45) is 67.8 Å². The number of nitrogens with one attached hydrogen (secondary N) is 10. The molecule has 8 heterocycles. The Hall–Kier alpha value is -11.6. The van der Waals surface area contributed by atoms with Gasteiger partial charge in [0.1, 0.15) is 28.5 Å². The first-order chi connectivity index (χ1) is 42.3. The Kier molecular flexibility index (Phi) is 19.4. The predicted octanol–water partition coefficient (Wildman–Crippen LogP) is 0.470. The second-order valence-electron chi connectivity index (χ2n) is 20.6. The quantitative estimate of drug-likeness (QED) is 0.0346. The van der Waals surface area contributed by atoms with Gasteiger partial charge < -0.3 is 106 Å². The lowest BCUT2D eigenvalue weighted by atomic mass is 10.2. The molecule has 8 rings (SSSR count). The Morgan fingerprint density at radius 1 is 0.472 bits per heavy atom. The number of carbonyl (C=O) groups is 10. The highest BCUT2D eigenvalue weighted by atomic mass is 16.3. The van der Waals surface area contributed by atoms with Crippen molar-refractivity contribution >= 4 is 99.1 Å². The standard InChI is InChI=1S/C55H67N23O11/c1-71-17-16-59-44(71)53(87)70-40-28-78(8)46(68-40)55(89)66-34-26-76(6)42(43(34)80)52(86)64-31-19-36(73(3)24-31)48(82)60-14-10-33(57)47(81)69-39-27-77(7)45(67-39)54(88)65-32-21-38(75(5)25-32)51(85)63-30-20-37(74(4)23-30)50(84)62-29-18-35(72(2)22-29)49(83)61-15-11-41(79)58-13-9-12-56/h16-28,33,80H,9-15,56-57H2,1-8H3,(H,58,79)(H,60,82)(H,61,83)(H,62,84)(H,63,85)(H,64,86)(H,65,88)(H,66,89)(H,69,81)(H,70,87). The van der Waals surface area contributed by atoms with Gasteiger partial charge >= 0.3 is 0 Å².